The van der Waals surface area contributed by atoms with Crippen LogP contribution in [0.2, 0.25) is 0 Å². The Balaban J connectivity index is 1.57. The molecular weight excluding hydrogens is 636 g/mol. The highest BCUT2D eigenvalue weighted by Gasteiger charge is 2.45. The lowest BCUT2D eigenvalue weighted by molar-refractivity contribution is -0.251. The van der Waals surface area contributed by atoms with Crippen LogP contribution in [-0.2, 0) is 40.5 Å². The zero-order valence-electron chi connectivity index (χ0n) is 19.4. The van der Waals surface area contributed by atoms with Gasteiger partial charge in [-0.3, -0.25) is 36.9 Å². The van der Waals surface area contributed by atoms with Crippen molar-refractivity contribution in [3.05, 3.63) is 33.1 Å². The maximum absolute atomic E-state index is 12.0. The minimum atomic E-state index is -6.38. The highest BCUT2D eigenvalue weighted by atomic mass is 32.7. The first-order valence-electron chi connectivity index (χ1n) is 10.9. The van der Waals surface area contributed by atoms with Crippen molar-refractivity contribution in [1.82, 2.24) is 9.55 Å². The normalized spacial score (nSPS) is 30.6. The summed E-state index contributed by atoms with van der Waals surface area (Å²) in [5.74, 6) is 0. The van der Waals surface area contributed by atoms with E-state index >= 15 is 0 Å². The number of aliphatic hydroxyl groups is 2. The molecule has 19 nitrogen and oxygen atoms in total. The zero-order valence-corrected chi connectivity index (χ0v) is 23.8. The molecule has 1 saturated heterocycles. The molecule has 1 aliphatic heterocycles. The Morgan fingerprint density at radius 2 is 1.54 bits per heavy atom. The van der Waals surface area contributed by atoms with E-state index < -0.39 is 77.9 Å². The number of hydrogen-bond acceptors (Lipinski definition) is 18. The van der Waals surface area contributed by atoms with Gasteiger partial charge in [-0.15, -0.1) is 0 Å². The fourth-order valence-corrected chi connectivity index (χ4v) is 11.8. The number of rotatable bonds is 12. The van der Waals surface area contributed by atoms with E-state index in [-0.39, 0.29) is 11.4 Å². The second-order valence-corrected chi connectivity index (χ2v) is 16.9. The largest absolute Gasteiger partial charge is 0.770 e. The average molecular weight is 658 g/mol. The van der Waals surface area contributed by atoms with E-state index in [1.54, 1.807) is 0 Å². The van der Waals surface area contributed by atoms with Crippen molar-refractivity contribution in [3.63, 3.8) is 0 Å². The Labute approximate surface area is 223 Å². The summed E-state index contributed by atoms with van der Waals surface area (Å²) >= 11 is 0.167. The summed E-state index contributed by atoms with van der Waals surface area (Å²) in [5.41, 5.74) is -1.83. The van der Waals surface area contributed by atoms with Crippen LogP contribution in [0.4, 0.5) is 0 Å². The van der Waals surface area contributed by atoms with Gasteiger partial charge in [-0.05, 0) is 12.8 Å². The predicted octanol–water partition coefficient (Wildman–Crippen LogP) is -1.84. The van der Waals surface area contributed by atoms with E-state index in [0.717, 1.165) is 18.7 Å². The number of aromatic amines is 1. The SMILES string of the molecule is O=c1ccn([C@@H]2O[C@H](COP(=O)([O-])OP(=O)([O-])OP(=O)([O-])OP(=O)([O-])SC3CCCCC3)C(O)[C@@H]2O)c(=O)[nH]1. The van der Waals surface area contributed by atoms with Gasteiger partial charge in [0.25, 0.3) is 29.0 Å². The van der Waals surface area contributed by atoms with Gasteiger partial charge in [-0.2, -0.15) is 0 Å². The number of phosphoric ester groups is 1. The highest BCUT2D eigenvalue weighted by molar-refractivity contribution is 8.55. The minimum Gasteiger partial charge on any atom is -0.770 e. The Morgan fingerprint density at radius 3 is 2.15 bits per heavy atom. The lowest BCUT2D eigenvalue weighted by Gasteiger charge is -2.37. The number of aliphatic hydroxyl groups excluding tert-OH is 2. The topological polar surface area (TPSA) is 302 Å². The van der Waals surface area contributed by atoms with Crippen molar-refractivity contribution in [1.29, 1.82) is 0 Å². The molecule has 8 atom stereocenters. The first-order valence-corrected chi connectivity index (χ1v) is 18.3. The Morgan fingerprint density at radius 1 is 0.949 bits per heavy atom. The van der Waals surface area contributed by atoms with Gasteiger partial charge in [0.2, 0.25) is 0 Å². The van der Waals surface area contributed by atoms with Gasteiger partial charge in [-0.25, -0.2) is 13.4 Å². The monoisotopic (exact) mass is 658 g/mol. The van der Waals surface area contributed by atoms with Crippen LogP contribution in [0.1, 0.15) is 38.3 Å². The molecule has 1 saturated carbocycles. The molecule has 2 heterocycles. The number of phosphoric acid groups is 3. The molecule has 0 bridgehead atoms. The molecule has 1 aliphatic carbocycles. The van der Waals surface area contributed by atoms with Crippen molar-refractivity contribution < 1.29 is 70.2 Å². The third-order valence-corrected chi connectivity index (χ3v) is 13.9. The molecule has 0 spiro atoms. The maximum Gasteiger partial charge on any atom is 0.330 e. The fraction of sp³-hybridized carbons (Fsp3) is 0.733. The van der Waals surface area contributed by atoms with Gasteiger partial charge < -0.3 is 39.0 Å². The van der Waals surface area contributed by atoms with E-state index in [1.807, 2.05) is 4.98 Å². The van der Waals surface area contributed by atoms with E-state index in [2.05, 4.69) is 17.5 Å². The Kier molecular flexibility index (Phi) is 10.8. The number of nitrogens with zero attached hydrogens (tertiary/aromatic N) is 1. The zero-order chi connectivity index (χ0) is 29.2. The van der Waals surface area contributed by atoms with Crippen LogP contribution in [0.25, 0.3) is 0 Å². The van der Waals surface area contributed by atoms with E-state index in [4.69, 9.17) is 4.74 Å². The molecule has 0 aromatic carbocycles. The number of H-pyrrole nitrogens is 1. The van der Waals surface area contributed by atoms with Gasteiger partial charge in [0.15, 0.2) is 13.0 Å². The Hall–Kier alpha value is -0.490. The molecule has 2 aliphatic rings. The molecular formula is C15H22N2O17P4S-4. The van der Waals surface area contributed by atoms with Crippen LogP contribution >= 0.6 is 41.6 Å². The summed E-state index contributed by atoms with van der Waals surface area (Å²) in [4.78, 5) is 72.5. The molecule has 39 heavy (non-hydrogen) atoms. The standard InChI is InChI=1S/C15H26N2O17P4S/c18-11-6-7-17(15(21)16-11)14-13(20)12(19)10(31-14)8-30-35(22,23)32-36(24,25)33-37(26,27)34-38(28,29)39-9-4-2-1-3-5-9/h6-7,9-10,12-14,19-20H,1-5,8H2,(H,22,23)(H,24,25)(H,26,27)(H,28,29)(H,16,18,21)/p-4/t10-,12?,13+,14-/m1/s1. The van der Waals surface area contributed by atoms with Crippen molar-refractivity contribution in [2.24, 2.45) is 0 Å². The second kappa shape index (κ2) is 12.8. The summed E-state index contributed by atoms with van der Waals surface area (Å²) in [5, 5.41) is 19.7. The molecule has 1 aromatic heterocycles. The molecule has 5 unspecified atom stereocenters. The Bertz CT molecular complexity index is 1330. The van der Waals surface area contributed by atoms with Crippen molar-refractivity contribution >= 4 is 41.6 Å². The molecule has 3 rings (SSSR count). The van der Waals surface area contributed by atoms with Crippen molar-refractivity contribution in [2.75, 3.05) is 6.61 Å². The molecule has 224 valence electrons. The quantitative estimate of drug-likeness (QED) is 0.208. The van der Waals surface area contributed by atoms with E-state index in [0.29, 0.717) is 30.3 Å². The summed E-state index contributed by atoms with van der Waals surface area (Å²) in [6, 6.07) is 0.887. The first kappa shape index (κ1) is 33.0. The van der Waals surface area contributed by atoms with Crippen LogP contribution < -0.4 is 30.8 Å². The molecule has 24 heteroatoms. The van der Waals surface area contributed by atoms with Crippen LogP contribution in [0.5, 0.6) is 0 Å². The van der Waals surface area contributed by atoms with Crippen molar-refractivity contribution in [2.45, 2.75) is 61.9 Å². The van der Waals surface area contributed by atoms with Gasteiger partial charge >= 0.3 is 5.69 Å². The molecule has 0 amide bonds. The third-order valence-electron chi connectivity index (χ3n) is 5.29. The van der Waals surface area contributed by atoms with Gasteiger partial charge in [0, 0.05) is 17.5 Å². The molecule has 3 N–H and O–H groups in total. The minimum absolute atomic E-state index is 0.167. The number of aromatic nitrogens is 2. The smallest absolute Gasteiger partial charge is 0.330 e. The highest BCUT2D eigenvalue weighted by Crippen LogP contribution is 2.70. The lowest BCUT2D eigenvalue weighted by atomic mass is 10.0. The van der Waals surface area contributed by atoms with Crippen LogP contribution in [0, 0.1) is 0 Å². The summed E-state index contributed by atoms with van der Waals surface area (Å²) in [6.45, 7) is -6.45. The summed E-state index contributed by atoms with van der Waals surface area (Å²) in [7, 11) is -18.6. The predicted molar refractivity (Wildman–Crippen MR) is 121 cm³/mol. The fourth-order valence-electron chi connectivity index (χ4n) is 3.68. The molecule has 0 radical (unpaired) electrons. The second-order valence-electron chi connectivity index (χ2n) is 8.26. The maximum atomic E-state index is 12.0. The van der Waals surface area contributed by atoms with Crippen LogP contribution in [0.3, 0.4) is 0 Å². The summed E-state index contributed by atoms with van der Waals surface area (Å²) in [6.07, 6.45) is -3.02. The average Bonchev–Trinajstić information content (AvgIpc) is 3.04. The van der Waals surface area contributed by atoms with Gasteiger partial charge in [0.05, 0.1) is 6.61 Å². The summed E-state index contributed by atoms with van der Waals surface area (Å²) < 4.78 is 68.7. The van der Waals surface area contributed by atoms with Crippen LogP contribution in [-0.4, -0.2) is 49.9 Å². The molecule has 2 fully saturated rings. The molecule has 1 aromatic rings. The number of ether oxygens (including phenoxy) is 1. The van der Waals surface area contributed by atoms with Crippen LogP contribution in [0.15, 0.2) is 21.9 Å². The third kappa shape index (κ3) is 9.79. The number of hydrogen-bond donors (Lipinski definition) is 3. The van der Waals surface area contributed by atoms with E-state index in [1.165, 1.54) is 0 Å². The van der Waals surface area contributed by atoms with Crippen molar-refractivity contribution in [3.8, 4) is 0 Å². The number of nitrogens with one attached hydrogen (secondary N) is 1. The lowest BCUT2D eigenvalue weighted by Crippen LogP contribution is -2.37. The van der Waals surface area contributed by atoms with E-state index in [9.17, 15) is 57.6 Å². The first-order chi connectivity index (χ1) is 17.9. The van der Waals surface area contributed by atoms with Gasteiger partial charge in [0.1, 0.15) is 18.3 Å². The van der Waals surface area contributed by atoms with Gasteiger partial charge in [-0.1, -0.05) is 30.6 Å².